The summed E-state index contributed by atoms with van der Waals surface area (Å²) >= 11 is 0. The Labute approximate surface area is 111 Å². The van der Waals surface area contributed by atoms with Crippen LogP contribution in [0.25, 0.3) is 11.3 Å². The van der Waals surface area contributed by atoms with Gasteiger partial charge in [0, 0.05) is 22.8 Å². The molecule has 0 aliphatic heterocycles. The van der Waals surface area contributed by atoms with E-state index in [1.807, 2.05) is 6.07 Å². The van der Waals surface area contributed by atoms with Crippen molar-refractivity contribution < 1.29 is 14.0 Å². The highest BCUT2D eigenvalue weighted by molar-refractivity contribution is 5.74. The number of nitrogens with zero attached hydrogens (tertiary/aromatic N) is 1. The van der Waals surface area contributed by atoms with E-state index in [9.17, 15) is 0 Å². The van der Waals surface area contributed by atoms with Crippen molar-refractivity contribution >= 4 is 5.88 Å². The highest BCUT2D eigenvalue weighted by Gasteiger charge is 2.25. The molecule has 1 aliphatic rings. The summed E-state index contributed by atoms with van der Waals surface area (Å²) in [6.45, 7) is 0. The molecule has 5 nitrogen and oxygen atoms in total. The van der Waals surface area contributed by atoms with E-state index in [2.05, 4.69) is 5.16 Å². The lowest BCUT2D eigenvalue weighted by Gasteiger charge is -2.15. The molecule has 0 unspecified atom stereocenters. The fourth-order valence-corrected chi connectivity index (χ4v) is 2.73. The number of hydrogen-bond acceptors (Lipinski definition) is 5. The minimum Gasteiger partial charge on any atom is -0.496 e. The molecule has 5 heteroatoms. The summed E-state index contributed by atoms with van der Waals surface area (Å²) in [7, 11) is 3.36. The maximum atomic E-state index is 5.59. The van der Waals surface area contributed by atoms with Crippen molar-refractivity contribution in [3.8, 4) is 22.8 Å². The zero-order valence-electron chi connectivity index (χ0n) is 11.0. The van der Waals surface area contributed by atoms with Crippen LogP contribution in [0.2, 0.25) is 0 Å². The Morgan fingerprint density at radius 2 is 1.95 bits per heavy atom. The van der Waals surface area contributed by atoms with Crippen molar-refractivity contribution in [2.45, 2.75) is 19.3 Å². The minimum atomic E-state index is 0.288. The van der Waals surface area contributed by atoms with Crippen LogP contribution in [0.15, 0.2) is 16.7 Å². The summed E-state index contributed by atoms with van der Waals surface area (Å²) in [5.74, 6) is 2.02. The molecular weight excluding hydrogens is 244 g/mol. The Hall–Kier alpha value is -2.17. The van der Waals surface area contributed by atoms with E-state index in [4.69, 9.17) is 19.7 Å². The molecule has 19 heavy (non-hydrogen) atoms. The fourth-order valence-electron chi connectivity index (χ4n) is 2.73. The first-order valence-corrected chi connectivity index (χ1v) is 6.24. The number of nitrogens with two attached hydrogens (primary N) is 1. The molecule has 0 fully saturated rings. The predicted molar refractivity (Wildman–Crippen MR) is 71.5 cm³/mol. The van der Waals surface area contributed by atoms with Crippen LogP contribution in [-0.2, 0) is 12.8 Å². The van der Waals surface area contributed by atoms with E-state index in [0.717, 1.165) is 36.3 Å². The van der Waals surface area contributed by atoms with Gasteiger partial charge in [-0.2, -0.15) is 0 Å². The maximum absolute atomic E-state index is 5.59. The molecular formula is C14H16N2O3. The van der Waals surface area contributed by atoms with Crippen LogP contribution >= 0.6 is 0 Å². The first-order chi connectivity index (χ1) is 9.24. The van der Waals surface area contributed by atoms with Crippen LogP contribution in [0, 0.1) is 0 Å². The second kappa shape index (κ2) is 4.50. The number of fused-ring (bicyclic) bond motifs is 1. The molecule has 3 rings (SSSR count). The van der Waals surface area contributed by atoms with Crippen molar-refractivity contribution in [3.05, 3.63) is 23.3 Å². The Bertz CT molecular complexity index is 619. The Morgan fingerprint density at radius 1 is 1.16 bits per heavy atom. The number of methoxy groups -OCH3 is 2. The van der Waals surface area contributed by atoms with Crippen molar-refractivity contribution in [2.75, 3.05) is 20.0 Å². The molecule has 0 radical (unpaired) electrons. The summed E-state index contributed by atoms with van der Waals surface area (Å²) in [5.41, 5.74) is 9.56. The maximum Gasteiger partial charge on any atom is 0.222 e. The second-order valence-electron chi connectivity index (χ2n) is 4.58. The number of benzene rings is 1. The van der Waals surface area contributed by atoms with E-state index in [0.29, 0.717) is 5.69 Å². The summed E-state index contributed by atoms with van der Waals surface area (Å²) in [5, 5.41) is 3.96. The average molecular weight is 260 g/mol. The number of hydrogen-bond donors (Lipinski definition) is 1. The first-order valence-electron chi connectivity index (χ1n) is 6.24. The van der Waals surface area contributed by atoms with Gasteiger partial charge in [0.25, 0.3) is 0 Å². The quantitative estimate of drug-likeness (QED) is 0.917. The van der Waals surface area contributed by atoms with Gasteiger partial charge >= 0.3 is 0 Å². The summed E-state index contributed by atoms with van der Waals surface area (Å²) in [6, 6.07) is 3.64. The predicted octanol–water partition coefficient (Wildman–Crippen LogP) is 2.43. The highest BCUT2D eigenvalue weighted by atomic mass is 16.5. The zero-order valence-corrected chi connectivity index (χ0v) is 11.0. The standard InChI is InChI=1S/C14H16N2O3/c1-17-12-6-10(11-7-13(15)19-16-11)14(18-2)9-5-3-4-8(9)12/h6-7H,3-5,15H2,1-2H3. The van der Waals surface area contributed by atoms with Gasteiger partial charge in [-0.15, -0.1) is 0 Å². The molecule has 100 valence electrons. The SMILES string of the molecule is COc1cc(-c2cc(N)on2)c(OC)c2c1CCC2. The molecule has 0 spiro atoms. The van der Waals surface area contributed by atoms with Crippen molar-refractivity contribution in [1.29, 1.82) is 0 Å². The average Bonchev–Trinajstić information content (AvgIpc) is 3.05. The molecule has 0 amide bonds. The molecule has 0 bridgehead atoms. The van der Waals surface area contributed by atoms with Crippen LogP contribution in [0.1, 0.15) is 17.5 Å². The summed E-state index contributed by atoms with van der Waals surface area (Å²) in [6.07, 6.45) is 3.14. The number of anilines is 1. The van der Waals surface area contributed by atoms with Crippen molar-refractivity contribution in [2.24, 2.45) is 0 Å². The van der Waals surface area contributed by atoms with Crippen molar-refractivity contribution in [3.63, 3.8) is 0 Å². The summed E-state index contributed by atoms with van der Waals surface area (Å²) < 4.78 is 16.0. The van der Waals surface area contributed by atoms with Gasteiger partial charge < -0.3 is 19.7 Å². The molecule has 2 aromatic rings. The molecule has 0 saturated heterocycles. The molecule has 1 aliphatic carbocycles. The van der Waals surface area contributed by atoms with Gasteiger partial charge in [0.15, 0.2) is 0 Å². The molecule has 2 N–H and O–H groups in total. The van der Waals surface area contributed by atoms with Gasteiger partial charge in [0.2, 0.25) is 5.88 Å². The lowest BCUT2D eigenvalue weighted by Crippen LogP contribution is -1.98. The Balaban J connectivity index is 2.24. The normalized spacial score (nSPS) is 13.4. The van der Waals surface area contributed by atoms with Crippen LogP contribution < -0.4 is 15.2 Å². The fraction of sp³-hybridized carbons (Fsp3) is 0.357. The Morgan fingerprint density at radius 3 is 2.58 bits per heavy atom. The van der Waals surface area contributed by atoms with Crippen LogP contribution in [0.5, 0.6) is 11.5 Å². The van der Waals surface area contributed by atoms with E-state index in [1.54, 1.807) is 20.3 Å². The zero-order chi connectivity index (χ0) is 13.4. The second-order valence-corrected chi connectivity index (χ2v) is 4.58. The van der Waals surface area contributed by atoms with E-state index >= 15 is 0 Å². The molecule has 0 atom stereocenters. The molecule has 1 heterocycles. The van der Waals surface area contributed by atoms with Gasteiger partial charge in [-0.05, 0) is 25.3 Å². The van der Waals surface area contributed by atoms with Gasteiger partial charge in [0.1, 0.15) is 17.2 Å². The molecule has 1 aromatic carbocycles. The van der Waals surface area contributed by atoms with E-state index in [1.165, 1.54) is 11.1 Å². The molecule has 1 aromatic heterocycles. The Kier molecular flexibility index (Phi) is 2.81. The third-order valence-electron chi connectivity index (χ3n) is 3.54. The number of aromatic nitrogens is 1. The number of rotatable bonds is 3. The van der Waals surface area contributed by atoms with Crippen LogP contribution in [0.4, 0.5) is 5.88 Å². The van der Waals surface area contributed by atoms with Crippen molar-refractivity contribution in [1.82, 2.24) is 5.16 Å². The lowest BCUT2D eigenvalue weighted by molar-refractivity contribution is 0.398. The molecule has 0 saturated carbocycles. The highest BCUT2D eigenvalue weighted by Crippen LogP contribution is 2.44. The van der Waals surface area contributed by atoms with Gasteiger partial charge in [0.05, 0.1) is 14.2 Å². The monoisotopic (exact) mass is 260 g/mol. The smallest absolute Gasteiger partial charge is 0.222 e. The number of ether oxygens (including phenoxy) is 2. The number of nitrogen functional groups attached to an aromatic ring is 1. The third kappa shape index (κ3) is 1.82. The van der Waals surface area contributed by atoms with E-state index in [-0.39, 0.29) is 5.88 Å². The van der Waals surface area contributed by atoms with Gasteiger partial charge in [-0.3, -0.25) is 0 Å². The van der Waals surface area contributed by atoms with Gasteiger partial charge in [-0.25, -0.2) is 0 Å². The first kappa shape index (κ1) is 11.9. The van der Waals surface area contributed by atoms with E-state index < -0.39 is 0 Å². The minimum absolute atomic E-state index is 0.288. The third-order valence-corrected chi connectivity index (χ3v) is 3.54. The topological polar surface area (TPSA) is 70.5 Å². The van der Waals surface area contributed by atoms with Crippen LogP contribution in [-0.4, -0.2) is 19.4 Å². The van der Waals surface area contributed by atoms with Crippen LogP contribution in [0.3, 0.4) is 0 Å². The summed E-state index contributed by atoms with van der Waals surface area (Å²) in [4.78, 5) is 0. The van der Waals surface area contributed by atoms with Gasteiger partial charge in [-0.1, -0.05) is 5.16 Å². The largest absolute Gasteiger partial charge is 0.496 e. The lowest BCUT2D eigenvalue weighted by atomic mass is 10.0.